The van der Waals surface area contributed by atoms with Crippen LogP contribution in [0.5, 0.6) is 0 Å². The van der Waals surface area contributed by atoms with Crippen molar-refractivity contribution in [1.29, 1.82) is 0 Å². The molecule has 2 fully saturated rings. The van der Waals surface area contributed by atoms with Gasteiger partial charge in [-0.1, -0.05) is 427 Å². The molecule has 2 heterocycles. The van der Waals surface area contributed by atoms with Crippen molar-refractivity contribution in [2.24, 2.45) is 0 Å². The predicted molar refractivity (Wildman–Crippen MR) is 505 cm³/mol. The molecule has 8 N–H and O–H groups in total. The Morgan fingerprint density at radius 3 is 0.857 bits per heavy atom. The molecule has 23 nitrogen and oxygen atoms in total. The van der Waals surface area contributed by atoms with Crippen LogP contribution in [0, 0.1) is 0 Å². The number of hydrogen-bond donors (Lipinski definition) is 8. The monoisotopic (exact) mass is 1810 g/mol. The number of carbonyl (C=O) groups is 6. The molecule has 0 saturated carbocycles. The van der Waals surface area contributed by atoms with E-state index >= 15 is 4.79 Å². The fourth-order valence-electron chi connectivity index (χ4n) is 17.7. The quantitative estimate of drug-likeness (QED) is 0.0121. The molecule has 0 aromatic carbocycles. The molecule has 2 aliphatic rings. The second-order valence-electron chi connectivity index (χ2n) is 37.6. The summed E-state index contributed by atoms with van der Waals surface area (Å²) in [6.07, 6.45) is 54.9. The highest BCUT2D eigenvalue weighted by Gasteiger charge is 2.53. The zero-order valence-electron chi connectivity index (χ0n) is 81.2. The van der Waals surface area contributed by atoms with E-state index in [1.165, 1.54) is 212 Å². The minimum atomic E-state index is -5.59. The molecule has 0 aromatic heterocycles. The molecule has 0 bridgehead atoms. The van der Waals surface area contributed by atoms with E-state index in [0.717, 1.165) is 173 Å². The Morgan fingerprint density at radius 2 is 0.579 bits per heavy atom. The van der Waals surface area contributed by atoms with Gasteiger partial charge in [-0.15, -0.1) is 0 Å². The van der Waals surface area contributed by atoms with Gasteiger partial charge in [-0.05, 0) is 57.8 Å². The summed E-state index contributed by atoms with van der Waals surface area (Å²) >= 11 is 0. The second kappa shape index (κ2) is 82.3. The Morgan fingerprint density at radius 1 is 0.317 bits per heavy atom. The van der Waals surface area contributed by atoms with E-state index in [0.29, 0.717) is 51.4 Å². The van der Waals surface area contributed by atoms with Crippen LogP contribution in [0.3, 0.4) is 0 Å². The SMILES string of the molecule is CCCCCCCCCCCCCCCCCC(=O)O[C@H](CCCCCCCCCCC)CC(=O)NC1C(OCC2OC(O)C(NC(=O)C[C@H](CCCCCCCCCCC)OC(=O)CCCCCCCCCCCCCCC)C(O)C2O)OC(CO)C(OP(=O)(O)O)C1OC(=O)C[C@@H](CCCCCCCCCCC)OC(=O)CCCCCCCCCCCCC. The van der Waals surface area contributed by atoms with Gasteiger partial charge in [0.05, 0.1) is 32.5 Å². The first kappa shape index (κ1) is 119. The summed E-state index contributed by atoms with van der Waals surface area (Å²) in [7, 11) is -5.59. The Balaban J connectivity index is 2.56. The van der Waals surface area contributed by atoms with Crippen molar-refractivity contribution in [2.75, 3.05) is 13.2 Å². The van der Waals surface area contributed by atoms with E-state index in [-0.39, 0.29) is 32.1 Å². The molecule has 0 aromatic rings. The molecule has 2 saturated heterocycles. The first-order chi connectivity index (χ1) is 61.2. The number of amides is 2. The number of nitrogens with one attached hydrogen (secondary N) is 2. The number of aliphatic hydroxyl groups is 4. The average molecular weight is 1810 g/mol. The molecular formula is C102H193N2O21P. The van der Waals surface area contributed by atoms with Crippen molar-refractivity contribution < 1.29 is 101 Å². The molecule has 0 spiro atoms. The molecule has 2 amide bonds. The first-order valence-electron chi connectivity index (χ1n) is 52.9. The van der Waals surface area contributed by atoms with E-state index < -0.39 is 149 Å². The summed E-state index contributed by atoms with van der Waals surface area (Å²) in [6.45, 7) is 11.5. The molecular weight excluding hydrogens is 1620 g/mol. The second-order valence-corrected chi connectivity index (χ2v) is 38.8. The number of phosphoric ester groups is 1. The summed E-state index contributed by atoms with van der Waals surface area (Å²) in [5.74, 6) is -3.83. The smallest absolute Gasteiger partial charge is 0.462 e. The first-order valence-corrected chi connectivity index (χ1v) is 54.4. The van der Waals surface area contributed by atoms with Crippen LogP contribution in [0.1, 0.15) is 523 Å². The highest BCUT2D eigenvalue weighted by atomic mass is 31.2. The fraction of sp³-hybridized carbons (Fsp3) is 0.941. The lowest BCUT2D eigenvalue weighted by Crippen LogP contribution is -2.67. The third kappa shape index (κ3) is 65.3. The fourth-order valence-corrected chi connectivity index (χ4v) is 18.3. The molecule has 13 atom stereocenters. The zero-order chi connectivity index (χ0) is 92.0. The van der Waals surface area contributed by atoms with Gasteiger partial charge in [0.1, 0.15) is 60.9 Å². The van der Waals surface area contributed by atoms with E-state index in [9.17, 15) is 58.8 Å². The molecule has 2 aliphatic heterocycles. The summed E-state index contributed by atoms with van der Waals surface area (Å²) < 4.78 is 61.7. The Labute approximate surface area is 767 Å². The van der Waals surface area contributed by atoms with Crippen molar-refractivity contribution in [1.82, 2.24) is 10.6 Å². The van der Waals surface area contributed by atoms with Gasteiger partial charge >= 0.3 is 31.7 Å². The number of carbonyl (C=O) groups excluding carboxylic acids is 6. The van der Waals surface area contributed by atoms with Crippen molar-refractivity contribution in [3.8, 4) is 0 Å². The number of hydrogen-bond acceptors (Lipinski definition) is 19. The lowest BCUT2D eigenvalue weighted by Gasteiger charge is -2.46. The van der Waals surface area contributed by atoms with Gasteiger partial charge in [0.2, 0.25) is 11.8 Å². The number of ether oxygens (including phenoxy) is 7. The highest BCUT2D eigenvalue weighted by molar-refractivity contribution is 7.46. The van der Waals surface area contributed by atoms with Gasteiger partial charge in [-0.3, -0.25) is 33.3 Å². The maximum absolute atomic E-state index is 15.1. The maximum atomic E-state index is 15.1. The Bertz CT molecular complexity index is 2620. The summed E-state index contributed by atoms with van der Waals surface area (Å²) in [4.78, 5) is 106. The number of aliphatic hydroxyl groups excluding tert-OH is 4. The van der Waals surface area contributed by atoms with Gasteiger partial charge in [0, 0.05) is 19.3 Å². The molecule has 126 heavy (non-hydrogen) atoms. The maximum Gasteiger partial charge on any atom is 0.470 e. The number of phosphoric acid groups is 1. The molecule has 0 aliphatic carbocycles. The van der Waals surface area contributed by atoms with Gasteiger partial charge in [-0.25, -0.2) is 4.57 Å². The normalized spacial score (nSPS) is 19.8. The third-order valence-corrected chi connectivity index (χ3v) is 26.1. The molecule has 0 radical (unpaired) electrons. The largest absolute Gasteiger partial charge is 0.470 e. The third-order valence-electron chi connectivity index (χ3n) is 25.6. The van der Waals surface area contributed by atoms with Crippen LogP contribution in [0.15, 0.2) is 0 Å². The molecule has 24 heteroatoms. The van der Waals surface area contributed by atoms with Crippen LogP contribution in [0.25, 0.3) is 0 Å². The zero-order valence-corrected chi connectivity index (χ0v) is 82.1. The number of unbranched alkanes of at least 4 members (excludes halogenated alkanes) is 60. The minimum Gasteiger partial charge on any atom is -0.462 e. The lowest BCUT2D eigenvalue weighted by atomic mass is 9.95. The summed E-state index contributed by atoms with van der Waals surface area (Å²) in [5, 5.41) is 52.0. The molecule has 742 valence electrons. The van der Waals surface area contributed by atoms with Crippen LogP contribution >= 0.6 is 7.82 Å². The van der Waals surface area contributed by atoms with Crippen molar-refractivity contribution in [3.63, 3.8) is 0 Å². The van der Waals surface area contributed by atoms with Crippen molar-refractivity contribution in [2.45, 2.75) is 603 Å². The molecule has 2 rings (SSSR count). The van der Waals surface area contributed by atoms with Gasteiger partial charge < -0.3 is 74.0 Å². The average Bonchev–Trinajstić information content (AvgIpc) is 0.775. The van der Waals surface area contributed by atoms with Crippen LogP contribution in [-0.2, 0) is 71.0 Å². The Kier molecular flexibility index (Phi) is 77.6. The van der Waals surface area contributed by atoms with E-state index in [4.69, 9.17) is 37.7 Å². The lowest BCUT2D eigenvalue weighted by molar-refractivity contribution is -0.297. The highest BCUT2D eigenvalue weighted by Crippen LogP contribution is 2.43. The predicted octanol–water partition coefficient (Wildman–Crippen LogP) is 24.6. The van der Waals surface area contributed by atoms with Gasteiger partial charge in [-0.2, -0.15) is 0 Å². The van der Waals surface area contributed by atoms with E-state index in [1.807, 2.05) is 0 Å². The van der Waals surface area contributed by atoms with Crippen LogP contribution < -0.4 is 10.6 Å². The summed E-state index contributed by atoms with van der Waals surface area (Å²) in [6, 6.07) is -3.38. The minimum absolute atomic E-state index is 0.125. The van der Waals surface area contributed by atoms with E-state index in [1.54, 1.807) is 0 Å². The summed E-state index contributed by atoms with van der Waals surface area (Å²) in [5.41, 5.74) is 0. The standard InChI is InChI=1S/C102H193N2O21P/c1-7-13-19-25-31-37-40-42-43-45-48-54-60-65-71-77-92(109)120-85(74-68-62-56-50-35-29-23-17-11-5)80-90(107)104-96-100(124-94(111)81-86(75-69-63-57-51-36-30-24-18-12-6)121-93(110)78-72-66-58-52-46-39-33-27-21-15-9-3)99(125-126(115,116)117)87(82-105)123-102(96)118-83-88-97(112)98(113)95(101(114)122-88)103-89(106)79-84(73-67-61-55-49-34-28-22-16-10-4)119-91(108)76-70-64-59-53-47-44-41-38-32-26-20-14-8-2/h84-88,95-102,105,112-114H,7-83H2,1-6H3,(H,103,106)(H,104,107)(H2,115,116,117)/t84-,85+,86+,87?,88?,95?,96?,97?,98?,99?,100?,101?,102?/m0/s1. The Hall–Kier alpha value is -3.35. The van der Waals surface area contributed by atoms with Crippen LogP contribution in [0.4, 0.5) is 0 Å². The van der Waals surface area contributed by atoms with Crippen molar-refractivity contribution >= 4 is 43.5 Å². The van der Waals surface area contributed by atoms with E-state index in [2.05, 4.69) is 52.2 Å². The van der Waals surface area contributed by atoms with Crippen LogP contribution in [-0.4, -0.2) is 159 Å². The topological polar surface area (TPSA) is 339 Å². The van der Waals surface area contributed by atoms with Crippen LogP contribution in [0.2, 0.25) is 0 Å². The van der Waals surface area contributed by atoms with Gasteiger partial charge in [0.25, 0.3) is 0 Å². The van der Waals surface area contributed by atoms with Gasteiger partial charge in [0.15, 0.2) is 18.7 Å². The van der Waals surface area contributed by atoms with Crippen molar-refractivity contribution in [3.05, 3.63) is 0 Å². The number of esters is 4. The number of rotatable bonds is 90. The molecule has 10 unspecified atom stereocenters.